The molecule has 0 aliphatic carbocycles. The third-order valence-corrected chi connectivity index (χ3v) is 4.21. The van der Waals surface area contributed by atoms with Gasteiger partial charge in [-0.2, -0.15) is 30.7 Å². The van der Waals surface area contributed by atoms with E-state index in [1.54, 1.807) is 6.55 Å². The highest BCUT2D eigenvalue weighted by molar-refractivity contribution is 6.50. The van der Waals surface area contributed by atoms with Gasteiger partial charge in [-0.1, -0.05) is 0 Å². The van der Waals surface area contributed by atoms with Gasteiger partial charge in [0.15, 0.2) is 9.04 Å². The first-order valence-electron chi connectivity index (χ1n) is 4.95. The van der Waals surface area contributed by atoms with Crippen LogP contribution in [0.25, 0.3) is 0 Å². The molecule has 0 aliphatic heterocycles. The van der Waals surface area contributed by atoms with Crippen LogP contribution >= 0.6 is 0 Å². The van der Waals surface area contributed by atoms with Gasteiger partial charge in [-0.25, -0.2) is 0 Å². The first-order chi connectivity index (χ1) is 7.95. The summed E-state index contributed by atoms with van der Waals surface area (Å²) in [6, 6.07) is 0.294. The standard InChI is InChI=1S/C8H13F7O2Si/c1-16-18(2)5-3-4-17-6(9,7(10,11)12)8(13,14)15/h18H,3-5H2,1-2H3. The van der Waals surface area contributed by atoms with Crippen LogP contribution in [-0.2, 0) is 9.16 Å². The van der Waals surface area contributed by atoms with E-state index in [2.05, 4.69) is 4.74 Å². The van der Waals surface area contributed by atoms with Crippen molar-refractivity contribution in [2.75, 3.05) is 13.7 Å². The minimum absolute atomic E-state index is 0.126. The van der Waals surface area contributed by atoms with Gasteiger partial charge in [-0.05, 0) is 19.0 Å². The van der Waals surface area contributed by atoms with Gasteiger partial charge in [-0.3, -0.25) is 0 Å². The van der Waals surface area contributed by atoms with Crippen LogP contribution in [0.4, 0.5) is 30.7 Å². The quantitative estimate of drug-likeness (QED) is 0.426. The molecule has 10 heteroatoms. The summed E-state index contributed by atoms with van der Waals surface area (Å²) in [4.78, 5) is 0. The topological polar surface area (TPSA) is 18.5 Å². The van der Waals surface area contributed by atoms with Gasteiger partial charge >= 0.3 is 18.2 Å². The second-order valence-corrected chi connectivity index (χ2v) is 6.30. The van der Waals surface area contributed by atoms with Crippen LogP contribution in [0.5, 0.6) is 0 Å². The zero-order valence-electron chi connectivity index (χ0n) is 9.66. The van der Waals surface area contributed by atoms with Crippen LogP contribution < -0.4 is 0 Å². The highest BCUT2D eigenvalue weighted by Crippen LogP contribution is 2.46. The fourth-order valence-corrected chi connectivity index (χ4v) is 2.00. The highest BCUT2D eigenvalue weighted by Gasteiger charge is 2.74. The van der Waals surface area contributed by atoms with E-state index < -0.39 is 33.9 Å². The smallest absolute Gasteiger partial charge is 0.423 e. The summed E-state index contributed by atoms with van der Waals surface area (Å²) < 4.78 is 93.3. The van der Waals surface area contributed by atoms with Crippen molar-refractivity contribution in [1.29, 1.82) is 0 Å². The maximum absolute atomic E-state index is 12.9. The van der Waals surface area contributed by atoms with Crippen molar-refractivity contribution in [2.45, 2.75) is 37.2 Å². The lowest BCUT2D eigenvalue weighted by Gasteiger charge is -2.29. The Kier molecular flexibility index (Phi) is 6.07. The summed E-state index contributed by atoms with van der Waals surface area (Å²) in [5, 5.41) is 0. The summed E-state index contributed by atoms with van der Waals surface area (Å²) in [5.74, 6) is -5.61. The van der Waals surface area contributed by atoms with E-state index in [-0.39, 0.29) is 6.42 Å². The number of ether oxygens (including phenoxy) is 1. The van der Waals surface area contributed by atoms with Crippen molar-refractivity contribution < 1.29 is 39.9 Å². The average molecular weight is 302 g/mol. The molecule has 0 amide bonds. The second kappa shape index (κ2) is 6.20. The molecule has 0 aromatic heterocycles. The fourth-order valence-electron chi connectivity index (χ4n) is 1.03. The highest BCUT2D eigenvalue weighted by atomic mass is 28.3. The number of alkyl halides is 7. The molecule has 1 atom stereocenters. The maximum Gasteiger partial charge on any atom is 0.458 e. The first-order valence-corrected chi connectivity index (χ1v) is 7.39. The summed E-state index contributed by atoms with van der Waals surface area (Å²) in [5.41, 5.74) is 0. The molecule has 2 nitrogen and oxygen atoms in total. The molecule has 0 bridgehead atoms. The zero-order chi connectivity index (χ0) is 14.6. The molecule has 0 aromatic rings. The minimum Gasteiger partial charge on any atom is -0.423 e. The normalized spacial score (nSPS) is 15.8. The molecule has 0 heterocycles. The first kappa shape index (κ1) is 17.6. The van der Waals surface area contributed by atoms with Crippen molar-refractivity contribution >= 4 is 9.04 Å². The predicted molar refractivity (Wildman–Crippen MR) is 51.3 cm³/mol. The Morgan fingerprint density at radius 1 is 0.944 bits per heavy atom. The lowest BCUT2D eigenvalue weighted by molar-refractivity contribution is -0.429. The number of rotatable bonds is 6. The molecule has 0 radical (unpaired) electrons. The van der Waals surface area contributed by atoms with E-state index in [1.165, 1.54) is 7.11 Å². The van der Waals surface area contributed by atoms with Crippen LogP contribution in [0.1, 0.15) is 6.42 Å². The Morgan fingerprint density at radius 3 is 1.72 bits per heavy atom. The Morgan fingerprint density at radius 2 is 1.39 bits per heavy atom. The van der Waals surface area contributed by atoms with Crippen LogP contribution in [0, 0.1) is 0 Å². The third kappa shape index (κ3) is 4.39. The van der Waals surface area contributed by atoms with Crippen LogP contribution in [0.2, 0.25) is 12.6 Å². The lowest BCUT2D eigenvalue weighted by atomic mass is 10.3. The van der Waals surface area contributed by atoms with Crippen molar-refractivity contribution in [3.05, 3.63) is 0 Å². The molecular formula is C8H13F7O2Si. The molecule has 0 aromatic carbocycles. The van der Waals surface area contributed by atoms with E-state index >= 15 is 0 Å². The van der Waals surface area contributed by atoms with E-state index in [4.69, 9.17) is 4.43 Å². The Balaban J connectivity index is 4.48. The Bertz CT molecular complexity index is 239. The maximum atomic E-state index is 12.9. The summed E-state index contributed by atoms with van der Waals surface area (Å²) in [7, 11) is -0.224. The van der Waals surface area contributed by atoms with E-state index in [0.29, 0.717) is 6.04 Å². The molecule has 18 heavy (non-hydrogen) atoms. The molecular weight excluding hydrogens is 289 g/mol. The van der Waals surface area contributed by atoms with E-state index in [1.807, 2.05) is 0 Å². The molecule has 0 saturated heterocycles. The van der Waals surface area contributed by atoms with Gasteiger partial charge < -0.3 is 9.16 Å². The molecule has 0 N–H and O–H groups in total. The second-order valence-electron chi connectivity index (χ2n) is 3.63. The van der Waals surface area contributed by atoms with Gasteiger partial charge in [0.1, 0.15) is 0 Å². The van der Waals surface area contributed by atoms with Gasteiger partial charge in [-0.15, -0.1) is 0 Å². The largest absolute Gasteiger partial charge is 0.458 e. The minimum atomic E-state index is -6.16. The molecule has 0 rings (SSSR count). The van der Waals surface area contributed by atoms with E-state index in [0.717, 1.165) is 0 Å². The van der Waals surface area contributed by atoms with Gasteiger partial charge in [0, 0.05) is 7.11 Å². The molecule has 0 fully saturated rings. The van der Waals surface area contributed by atoms with Crippen LogP contribution in [0.15, 0.2) is 0 Å². The summed E-state index contributed by atoms with van der Waals surface area (Å²) >= 11 is 0. The van der Waals surface area contributed by atoms with Crippen LogP contribution in [-0.4, -0.2) is 41.0 Å². The molecule has 0 spiro atoms. The number of halogens is 7. The number of hydrogen-bond acceptors (Lipinski definition) is 2. The Labute approximate surface area is 101 Å². The Hall–Kier alpha value is -0.353. The van der Waals surface area contributed by atoms with E-state index in [9.17, 15) is 30.7 Å². The summed E-state index contributed by atoms with van der Waals surface area (Å²) in [6.07, 6.45) is -12.4. The van der Waals surface area contributed by atoms with Crippen molar-refractivity contribution in [2.24, 2.45) is 0 Å². The van der Waals surface area contributed by atoms with Gasteiger partial charge in [0.25, 0.3) is 0 Å². The summed E-state index contributed by atoms with van der Waals surface area (Å²) in [6.45, 7) is 0.729. The zero-order valence-corrected chi connectivity index (χ0v) is 10.8. The molecule has 0 aliphatic rings. The average Bonchev–Trinajstić information content (AvgIpc) is 2.20. The SMILES string of the molecule is CO[SiH](C)CCCOC(F)(C(F)(F)F)C(F)(F)F. The molecule has 110 valence electrons. The van der Waals surface area contributed by atoms with Gasteiger partial charge in [0.2, 0.25) is 0 Å². The molecule has 0 saturated carbocycles. The van der Waals surface area contributed by atoms with Crippen molar-refractivity contribution in [3.63, 3.8) is 0 Å². The predicted octanol–water partition coefficient (Wildman–Crippen LogP) is 3.18. The lowest BCUT2D eigenvalue weighted by Crippen LogP contribution is -2.55. The van der Waals surface area contributed by atoms with Gasteiger partial charge in [0.05, 0.1) is 6.61 Å². The molecule has 1 unspecified atom stereocenters. The number of hydrogen-bond donors (Lipinski definition) is 0. The third-order valence-electron chi connectivity index (χ3n) is 2.19. The van der Waals surface area contributed by atoms with Crippen molar-refractivity contribution in [3.8, 4) is 0 Å². The van der Waals surface area contributed by atoms with Crippen molar-refractivity contribution in [1.82, 2.24) is 0 Å². The monoisotopic (exact) mass is 302 g/mol. The van der Waals surface area contributed by atoms with Crippen LogP contribution in [0.3, 0.4) is 0 Å². The fraction of sp³-hybridized carbons (Fsp3) is 1.00.